The van der Waals surface area contributed by atoms with Crippen molar-refractivity contribution in [3.8, 4) is 11.4 Å². The molecule has 0 spiro atoms. The fraction of sp³-hybridized carbons (Fsp3) is 0.200. The lowest BCUT2D eigenvalue weighted by Gasteiger charge is -2.27. The average molecular weight is 353 g/mol. The Morgan fingerprint density at radius 2 is 1.81 bits per heavy atom. The van der Waals surface area contributed by atoms with Gasteiger partial charge >= 0.3 is 0 Å². The maximum atomic E-state index is 13.4. The molecule has 3 aromatic rings. The number of aromatic amines is 1. The molecule has 132 valence electrons. The standard InChI is InChI=1S/C20H17F2N3O/c21-15-8-13(9-16(22)10-15)11-25-7-6-18-17(12-25)20(26)24-19(23-18)14-4-2-1-3-5-14/h1-5,8-10H,6-7,11-12H2,(H,23,24,26). The van der Waals surface area contributed by atoms with E-state index in [2.05, 4.69) is 9.97 Å². The predicted octanol–water partition coefficient (Wildman–Crippen LogP) is 3.27. The minimum Gasteiger partial charge on any atom is -0.306 e. The van der Waals surface area contributed by atoms with Crippen molar-refractivity contribution in [3.05, 3.63) is 87.3 Å². The lowest BCUT2D eigenvalue weighted by atomic mass is 10.1. The molecule has 0 saturated carbocycles. The van der Waals surface area contributed by atoms with Gasteiger partial charge in [-0.3, -0.25) is 9.69 Å². The first kappa shape index (κ1) is 16.6. The third-order valence-corrected chi connectivity index (χ3v) is 4.52. The van der Waals surface area contributed by atoms with Gasteiger partial charge in [-0.15, -0.1) is 0 Å². The van der Waals surface area contributed by atoms with Gasteiger partial charge in [0.05, 0.1) is 11.3 Å². The Hall–Kier alpha value is -2.86. The van der Waals surface area contributed by atoms with Gasteiger partial charge in [-0.05, 0) is 17.7 Å². The van der Waals surface area contributed by atoms with Crippen LogP contribution >= 0.6 is 0 Å². The Morgan fingerprint density at radius 1 is 1.08 bits per heavy atom. The van der Waals surface area contributed by atoms with E-state index in [0.717, 1.165) is 17.3 Å². The Kier molecular flexibility index (Phi) is 4.34. The Morgan fingerprint density at radius 3 is 2.54 bits per heavy atom. The first-order chi connectivity index (χ1) is 12.6. The molecular formula is C20H17F2N3O. The van der Waals surface area contributed by atoms with E-state index < -0.39 is 11.6 Å². The minimum atomic E-state index is -0.593. The van der Waals surface area contributed by atoms with Gasteiger partial charge in [0.2, 0.25) is 0 Å². The van der Waals surface area contributed by atoms with Gasteiger partial charge in [0, 0.05) is 37.7 Å². The number of nitrogens with one attached hydrogen (secondary N) is 1. The topological polar surface area (TPSA) is 49.0 Å². The van der Waals surface area contributed by atoms with Crippen LogP contribution in [0.2, 0.25) is 0 Å². The predicted molar refractivity (Wildman–Crippen MR) is 94.5 cm³/mol. The molecule has 1 aliphatic rings. The van der Waals surface area contributed by atoms with Crippen LogP contribution in [0.15, 0.2) is 53.3 Å². The van der Waals surface area contributed by atoms with E-state index in [0.29, 0.717) is 43.0 Å². The summed E-state index contributed by atoms with van der Waals surface area (Å²) < 4.78 is 26.7. The molecule has 0 bridgehead atoms. The van der Waals surface area contributed by atoms with Crippen LogP contribution in [0, 0.1) is 11.6 Å². The summed E-state index contributed by atoms with van der Waals surface area (Å²) in [7, 11) is 0. The monoisotopic (exact) mass is 353 g/mol. The first-order valence-electron chi connectivity index (χ1n) is 8.43. The molecule has 0 amide bonds. The summed E-state index contributed by atoms with van der Waals surface area (Å²) in [6.07, 6.45) is 0.622. The first-order valence-corrected chi connectivity index (χ1v) is 8.43. The minimum absolute atomic E-state index is 0.163. The normalized spacial score (nSPS) is 14.2. The fourth-order valence-electron chi connectivity index (χ4n) is 3.31. The van der Waals surface area contributed by atoms with E-state index in [9.17, 15) is 13.6 Å². The van der Waals surface area contributed by atoms with Crippen LogP contribution in [0.5, 0.6) is 0 Å². The summed E-state index contributed by atoms with van der Waals surface area (Å²) in [4.78, 5) is 22.0. The Labute approximate surface area is 149 Å². The number of aromatic nitrogens is 2. The van der Waals surface area contributed by atoms with Crippen molar-refractivity contribution < 1.29 is 8.78 Å². The Bertz CT molecular complexity index is 981. The SMILES string of the molecule is O=c1[nH]c(-c2ccccc2)nc2c1CN(Cc1cc(F)cc(F)c1)CC2. The van der Waals surface area contributed by atoms with E-state index in [1.54, 1.807) is 0 Å². The molecule has 0 atom stereocenters. The summed E-state index contributed by atoms with van der Waals surface area (Å²) in [5.41, 5.74) is 2.66. The van der Waals surface area contributed by atoms with Crippen molar-refractivity contribution in [2.45, 2.75) is 19.5 Å². The van der Waals surface area contributed by atoms with Crippen molar-refractivity contribution in [1.29, 1.82) is 0 Å². The molecular weight excluding hydrogens is 336 g/mol. The molecule has 0 fully saturated rings. The van der Waals surface area contributed by atoms with Gasteiger partial charge in [0.15, 0.2) is 0 Å². The van der Waals surface area contributed by atoms with Crippen LogP contribution in [0.1, 0.15) is 16.8 Å². The van der Waals surface area contributed by atoms with Gasteiger partial charge in [-0.1, -0.05) is 30.3 Å². The van der Waals surface area contributed by atoms with Crippen LogP contribution < -0.4 is 5.56 Å². The van der Waals surface area contributed by atoms with Gasteiger partial charge < -0.3 is 4.98 Å². The van der Waals surface area contributed by atoms with Gasteiger partial charge in [0.25, 0.3) is 5.56 Å². The maximum absolute atomic E-state index is 13.4. The molecule has 1 aliphatic heterocycles. The summed E-state index contributed by atoms with van der Waals surface area (Å²) in [5, 5.41) is 0. The third kappa shape index (κ3) is 3.41. The lowest BCUT2D eigenvalue weighted by molar-refractivity contribution is 0.241. The number of halogens is 2. The molecule has 4 rings (SSSR count). The average Bonchev–Trinajstić information content (AvgIpc) is 2.62. The largest absolute Gasteiger partial charge is 0.306 e. The number of rotatable bonds is 3. The second-order valence-corrected chi connectivity index (χ2v) is 6.44. The highest BCUT2D eigenvalue weighted by molar-refractivity contribution is 5.54. The molecule has 2 aromatic carbocycles. The summed E-state index contributed by atoms with van der Waals surface area (Å²) in [5.74, 6) is -0.621. The zero-order chi connectivity index (χ0) is 18.1. The quantitative estimate of drug-likeness (QED) is 0.786. The second kappa shape index (κ2) is 6.80. The maximum Gasteiger partial charge on any atom is 0.255 e. The smallest absolute Gasteiger partial charge is 0.255 e. The summed E-state index contributed by atoms with van der Waals surface area (Å²) in [6.45, 7) is 1.47. The molecule has 1 aromatic heterocycles. The number of hydrogen-bond donors (Lipinski definition) is 1. The molecule has 0 unspecified atom stereocenters. The van der Waals surface area contributed by atoms with E-state index in [-0.39, 0.29) is 5.56 Å². The fourth-order valence-corrected chi connectivity index (χ4v) is 3.31. The summed E-state index contributed by atoms with van der Waals surface area (Å²) in [6, 6.07) is 13.0. The number of hydrogen-bond acceptors (Lipinski definition) is 3. The molecule has 6 heteroatoms. The van der Waals surface area contributed by atoms with Crippen molar-refractivity contribution in [2.24, 2.45) is 0 Å². The highest BCUT2D eigenvalue weighted by atomic mass is 19.1. The van der Waals surface area contributed by atoms with Crippen LogP contribution in [0.4, 0.5) is 8.78 Å². The van der Waals surface area contributed by atoms with Crippen LogP contribution in [0.3, 0.4) is 0 Å². The van der Waals surface area contributed by atoms with E-state index >= 15 is 0 Å². The van der Waals surface area contributed by atoms with Gasteiger partial charge in [0.1, 0.15) is 17.5 Å². The van der Waals surface area contributed by atoms with E-state index in [1.165, 1.54) is 12.1 Å². The molecule has 0 aliphatic carbocycles. The van der Waals surface area contributed by atoms with Gasteiger partial charge in [-0.25, -0.2) is 13.8 Å². The Balaban J connectivity index is 1.58. The number of benzene rings is 2. The molecule has 2 heterocycles. The number of H-pyrrole nitrogens is 1. The van der Waals surface area contributed by atoms with E-state index in [1.807, 2.05) is 35.2 Å². The van der Waals surface area contributed by atoms with Crippen molar-refractivity contribution >= 4 is 0 Å². The van der Waals surface area contributed by atoms with Gasteiger partial charge in [-0.2, -0.15) is 0 Å². The molecule has 1 N–H and O–H groups in total. The molecule has 4 nitrogen and oxygen atoms in total. The van der Waals surface area contributed by atoms with Crippen LogP contribution in [-0.2, 0) is 19.5 Å². The van der Waals surface area contributed by atoms with Crippen LogP contribution in [0.25, 0.3) is 11.4 Å². The lowest BCUT2D eigenvalue weighted by Crippen LogP contribution is -2.35. The van der Waals surface area contributed by atoms with Crippen LogP contribution in [-0.4, -0.2) is 21.4 Å². The number of fused-ring (bicyclic) bond motifs is 1. The highest BCUT2D eigenvalue weighted by Crippen LogP contribution is 2.20. The van der Waals surface area contributed by atoms with E-state index in [4.69, 9.17) is 0 Å². The second-order valence-electron chi connectivity index (χ2n) is 6.44. The van der Waals surface area contributed by atoms with Crippen molar-refractivity contribution in [1.82, 2.24) is 14.9 Å². The zero-order valence-corrected chi connectivity index (χ0v) is 14.0. The molecule has 0 saturated heterocycles. The third-order valence-electron chi connectivity index (χ3n) is 4.52. The molecule has 26 heavy (non-hydrogen) atoms. The molecule has 0 radical (unpaired) electrons. The summed E-state index contributed by atoms with van der Waals surface area (Å²) >= 11 is 0. The zero-order valence-electron chi connectivity index (χ0n) is 14.0. The number of nitrogens with zero attached hydrogens (tertiary/aromatic N) is 2. The van der Waals surface area contributed by atoms with Crippen molar-refractivity contribution in [2.75, 3.05) is 6.54 Å². The van der Waals surface area contributed by atoms with Crippen molar-refractivity contribution in [3.63, 3.8) is 0 Å². The highest BCUT2D eigenvalue weighted by Gasteiger charge is 2.21.